The molecule has 0 saturated heterocycles. The number of aromatic nitrogens is 2. The monoisotopic (exact) mass is 460 g/mol. The molecule has 1 atom stereocenters. The predicted octanol–water partition coefficient (Wildman–Crippen LogP) is 4.00. The summed E-state index contributed by atoms with van der Waals surface area (Å²) in [5.74, 6) is -1.29. The van der Waals surface area contributed by atoms with Gasteiger partial charge in [0.1, 0.15) is 6.04 Å². The lowest BCUT2D eigenvalue weighted by molar-refractivity contribution is -0.119. The lowest BCUT2D eigenvalue weighted by Gasteiger charge is -2.14. The fourth-order valence-electron chi connectivity index (χ4n) is 2.48. The number of carbonyl (C=O) groups is 2. The molecule has 2 N–H and O–H groups in total. The number of halogens is 2. The second kappa shape index (κ2) is 9.33. The summed E-state index contributed by atoms with van der Waals surface area (Å²) in [4.78, 5) is 24.4. The first-order chi connectivity index (χ1) is 13.9. The van der Waals surface area contributed by atoms with Crippen molar-refractivity contribution in [1.29, 1.82) is 0 Å². The highest BCUT2D eigenvalue weighted by molar-refractivity contribution is 9.10. The molecule has 2 aromatic carbocycles. The van der Waals surface area contributed by atoms with Crippen molar-refractivity contribution in [2.45, 2.75) is 13.0 Å². The summed E-state index contributed by atoms with van der Waals surface area (Å²) in [5, 5.41) is 9.47. The number of nitrogens with zero attached hydrogens (tertiary/aromatic N) is 2. The van der Waals surface area contributed by atoms with E-state index in [1.54, 1.807) is 60.4 Å². The highest BCUT2D eigenvalue weighted by atomic mass is 79.9. The molecule has 0 aliphatic heterocycles. The lowest BCUT2D eigenvalue weighted by atomic mass is 10.2. The highest BCUT2D eigenvalue weighted by Crippen LogP contribution is 2.21. The first-order valence-electron chi connectivity index (χ1n) is 8.70. The third-order valence-electron chi connectivity index (χ3n) is 3.97. The fraction of sp³-hybridized carbons (Fsp3) is 0.150. The van der Waals surface area contributed by atoms with Gasteiger partial charge >= 0.3 is 0 Å². The Kier molecular flexibility index (Phi) is 6.61. The molecule has 7 nitrogen and oxygen atoms in total. The molecule has 0 spiro atoms. The van der Waals surface area contributed by atoms with Crippen LogP contribution in [0.25, 0.3) is 0 Å². The second-order valence-corrected chi connectivity index (χ2v) is 7.06. The quantitative estimate of drug-likeness (QED) is 0.557. The Hall–Kier alpha value is -3.20. The van der Waals surface area contributed by atoms with Crippen molar-refractivity contribution in [2.24, 2.45) is 0 Å². The maximum atomic E-state index is 13.7. The Bertz CT molecular complexity index is 1010. The maximum Gasteiger partial charge on any atom is 0.262 e. The molecule has 0 saturated carbocycles. The van der Waals surface area contributed by atoms with Crippen LogP contribution in [0.5, 0.6) is 5.75 Å². The SMILES string of the molecule is CC(C(=O)Nc1cccc(NC(=O)COc2ccc(Br)cc2F)c1)n1cccn1. The minimum Gasteiger partial charge on any atom is -0.481 e. The van der Waals surface area contributed by atoms with Gasteiger partial charge in [-0.05, 0) is 49.4 Å². The number of carbonyl (C=O) groups excluding carboxylic acids is 2. The topological polar surface area (TPSA) is 85.3 Å². The lowest BCUT2D eigenvalue weighted by Crippen LogP contribution is -2.24. The van der Waals surface area contributed by atoms with Crippen LogP contribution in [0, 0.1) is 5.82 Å². The third-order valence-corrected chi connectivity index (χ3v) is 4.46. The van der Waals surface area contributed by atoms with E-state index in [0.29, 0.717) is 15.8 Å². The van der Waals surface area contributed by atoms with E-state index in [1.807, 2.05) is 0 Å². The van der Waals surface area contributed by atoms with Gasteiger partial charge in [0, 0.05) is 28.2 Å². The number of nitrogens with one attached hydrogen (secondary N) is 2. The molecule has 9 heteroatoms. The number of hydrogen-bond donors (Lipinski definition) is 2. The highest BCUT2D eigenvalue weighted by Gasteiger charge is 2.15. The summed E-state index contributed by atoms with van der Waals surface area (Å²) >= 11 is 3.15. The van der Waals surface area contributed by atoms with E-state index in [-0.39, 0.29) is 18.3 Å². The van der Waals surface area contributed by atoms with E-state index in [9.17, 15) is 14.0 Å². The van der Waals surface area contributed by atoms with Gasteiger partial charge < -0.3 is 15.4 Å². The van der Waals surface area contributed by atoms with E-state index in [4.69, 9.17) is 4.74 Å². The van der Waals surface area contributed by atoms with Crippen molar-refractivity contribution in [1.82, 2.24) is 9.78 Å². The molecule has 1 aromatic heterocycles. The summed E-state index contributed by atoms with van der Waals surface area (Å²) < 4.78 is 21.1. The van der Waals surface area contributed by atoms with Gasteiger partial charge in [-0.1, -0.05) is 22.0 Å². The Labute approximate surface area is 175 Å². The molecule has 3 rings (SSSR count). The van der Waals surface area contributed by atoms with E-state index < -0.39 is 17.8 Å². The van der Waals surface area contributed by atoms with E-state index in [2.05, 4.69) is 31.7 Å². The summed E-state index contributed by atoms with van der Waals surface area (Å²) in [6.45, 7) is 1.37. The van der Waals surface area contributed by atoms with Crippen molar-refractivity contribution < 1.29 is 18.7 Å². The van der Waals surface area contributed by atoms with Crippen LogP contribution in [0.3, 0.4) is 0 Å². The molecule has 0 aliphatic rings. The number of rotatable bonds is 7. The molecule has 0 aliphatic carbocycles. The predicted molar refractivity (Wildman–Crippen MR) is 110 cm³/mol. The van der Waals surface area contributed by atoms with E-state index in [0.717, 1.165) is 0 Å². The van der Waals surface area contributed by atoms with Gasteiger partial charge in [-0.3, -0.25) is 14.3 Å². The van der Waals surface area contributed by atoms with Crippen LogP contribution in [0.2, 0.25) is 0 Å². The van der Waals surface area contributed by atoms with Gasteiger partial charge in [-0.15, -0.1) is 0 Å². The molecule has 1 unspecified atom stereocenters. The third kappa shape index (κ3) is 5.64. The van der Waals surface area contributed by atoms with Gasteiger partial charge in [0.15, 0.2) is 18.2 Å². The maximum absolute atomic E-state index is 13.7. The Morgan fingerprint density at radius 3 is 2.62 bits per heavy atom. The zero-order chi connectivity index (χ0) is 20.8. The number of benzene rings is 2. The van der Waals surface area contributed by atoms with Crippen molar-refractivity contribution >= 4 is 39.1 Å². The molecular weight excluding hydrogens is 443 g/mol. The molecule has 0 bridgehead atoms. The first-order valence-corrected chi connectivity index (χ1v) is 9.49. The van der Waals surface area contributed by atoms with Crippen molar-refractivity contribution in [3.8, 4) is 5.75 Å². The fourth-order valence-corrected chi connectivity index (χ4v) is 2.82. The van der Waals surface area contributed by atoms with Crippen LogP contribution < -0.4 is 15.4 Å². The van der Waals surface area contributed by atoms with Crippen LogP contribution >= 0.6 is 15.9 Å². The van der Waals surface area contributed by atoms with Gasteiger partial charge in [0.2, 0.25) is 5.91 Å². The Morgan fingerprint density at radius 1 is 1.17 bits per heavy atom. The minimum absolute atomic E-state index is 0.0167. The molecule has 1 heterocycles. The zero-order valence-electron chi connectivity index (χ0n) is 15.4. The Balaban J connectivity index is 1.56. The molecular formula is C20H18BrFN4O3. The number of ether oxygens (including phenoxy) is 1. The van der Waals surface area contributed by atoms with Crippen molar-refractivity contribution in [3.63, 3.8) is 0 Å². The van der Waals surface area contributed by atoms with Crippen molar-refractivity contribution in [2.75, 3.05) is 17.2 Å². The zero-order valence-corrected chi connectivity index (χ0v) is 17.0. The molecule has 29 heavy (non-hydrogen) atoms. The standard InChI is InChI=1S/C20H18BrFN4O3/c1-13(26-9-3-8-23-26)20(28)25-16-5-2-4-15(11-16)24-19(27)12-29-18-7-6-14(21)10-17(18)22/h2-11,13H,12H2,1H3,(H,24,27)(H,25,28). The summed E-state index contributed by atoms with van der Waals surface area (Å²) in [5.41, 5.74) is 0.992. The second-order valence-electron chi connectivity index (χ2n) is 6.14. The summed E-state index contributed by atoms with van der Waals surface area (Å²) in [6.07, 6.45) is 3.30. The first kappa shape index (κ1) is 20.5. The van der Waals surface area contributed by atoms with E-state index >= 15 is 0 Å². The van der Waals surface area contributed by atoms with Crippen LogP contribution in [0.4, 0.5) is 15.8 Å². The molecule has 0 radical (unpaired) electrons. The molecule has 3 aromatic rings. The van der Waals surface area contributed by atoms with Gasteiger partial charge in [0.25, 0.3) is 5.91 Å². The van der Waals surface area contributed by atoms with Crippen LogP contribution in [-0.2, 0) is 9.59 Å². The number of amides is 2. The Morgan fingerprint density at radius 2 is 1.93 bits per heavy atom. The average molecular weight is 461 g/mol. The molecule has 0 fully saturated rings. The van der Waals surface area contributed by atoms with Crippen LogP contribution in [-0.4, -0.2) is 28.2 Å². The molecule has 150 valence electrons. The largest absolute Gasteiger partial charge is 0.481 e. The smallest absolute Gasteiger partial charge is 0.262 e. The summed E-state index contributed by atoms with van der Waals surface area (Å²) in [6, 6.07) is 12.2. The molecule has 2 amide bonds. The normalized spacial score (nSPS) is 11.6. The van der Waals surface area contributed by atoms with Gasteiger partial charge in [-0.25, -0.2) is 4.39 Å². The van der Waals surface area contributed by atoms with Crippen molar-refractivity contribution in [3.05, 3.63) is 71.2 Å². The average Bonchev–Trinajstić information content (AvgIpc) is 3.21. The number of anilines is 2. The minimum atomic E-state index is -0.566. The van der Waals surface area contributed by atoms with E-state index in [1.165, 1.54) is 12.1 Å². The van der Waals surface area contributed by atoms with Gasteiger partial charge in [0.05, 0.1) is 0 Å². The van der Waals surface area contributed by atoms with Crippen LogP contribution in [0.15, 0.2) is 65.4 Å². The van der Waals surface area contributed by atoms with Gasteiger partial charge in [-0.2, -0.15) is 5.10 Å². The summed E-state index contributed by atoms with van der Waals surface area (Å²) in [7, 11) is 0. The van der Waals surface area contributed by atoms with Crippen LogP contribution in [0.1, 0.15) is 13.0 Å². The number of hydrogen-bond acceptors (Lipinski definition) is 4.